The highest BCUT2D eigenvalue weighted by Gasteiger charge is 2.21. The lowest BCUT2D eigenvalue weighted by atomic mass is 10.2. The van der Waals surface area contributed by atoms with Crippen molar-refractivity contribution in [2.45, 2.75) is 11.4 Å². The monoisotopic (exact) mass is 310 g/mol. The molecule has 2 N–H and O–H groups in total. The molecule has 0 unspecified atom stereocenters. The summed E-state index contributed by atoms with van der Waals surface area (Å²) in [7, 11) is -2.05. The predicted molar refractivity (Wildman–Crippen MR) is 77.9 cm³/mol. The van der Waals surface area contributed by atoms with Crippen molar-refractivity contribution in [1.82, 2.24) is 4.31 Å². The molecular formula is C13H14N2O3S2. The van der Waals surface area contributed by atoms with Gasteiger partial charge in [-0.1, -0.05) is 0 Å². The number of hydrogen-bond acceptors (Lipinski definition) is 4. The van der Waals surface area contributed by atoms with Gasteiger partial charge in [0.2, 0.25) is 15.9 Å². The second-order valence-electron chi connectivity index (χ2n) is 4.28. The molecule has 1 amide bonds. The molecule has 0 aliphatic heterocycles. The number of rotatable bonds is 5. The molecule has 1 heterocycles. The summed E-state index contributed by atoms with van der Waals surface area (Å²) in [5.74, 6) is -0.583. The quantitative estimate of drug-likeness (QED) is 0.912. The molecular weight excluding hydrogens is 296 g/mol. The largest absolute Gasteiger partial charge is 0.366 e. The van der Waals surface area contributed by atoms with E-state index in [9.17, 15) is 13.2 Å². The Balaban J connectivity index is 2.23. The number of benzene rings is 1. The van der Waals surface area contributed by atoms with Gasteiger partial charge >= 0.3 is 0 Å². The van der Waals surface area contributed by atoms with Crippen molar-refractivity contribution in [3.05, 3.63) is 52.2 Å². The van der Waals surface area contributed by atoms with Gasteiger partial charge in [0, 0.05) is 19.2 Å². The highest BCUT2D eigenvalue weighted by Crippen LogP contribution is 2.18. The predicted octanol–water partition coefficient (Wildman–Crippen LogP) is 1.67. The first kappa shape index (κ1) is 14.7. The van der Waals surface area contributed by atoms with Gasteiger partial charge in [0.05, 0.1) is 4.90 Å². The Kier molecular flexibility index (Phi) is 4.22. The number of hydrogen-bond donors (Lipinski definition) is 1. The zero-order chi connectivity index (χ0) is 14.8. The summed E-state index contributed by atoms with van der Waals surface area (Å²) in [6.45, 7) is 0.309. The SMILES string of the molecule is CN(Cc1ccsc1)S(=O)(=O)c1ccc(C(N)=O)cc1. The molecule has 1 aromatic heterocycles. The van der Waals surface area contributed by atoms with Crippen molar-refractivity contribution in [3.63, 3.8) is 0 Å². The van der Waals surface area contributed by atoms with E-state index in [1.165, 1.54) is 47.0 Å². The summed E-state index contributed by atoms with van der Waals surface area (Å²) in [4.78, 5) is 11.1. The van der Waals surface area contributed by atoms with Crippen molar-refractivity contribution in [2.24, 2.45) is 5.73 Å². The van der Waals surface area contributed by atoms with Crippen LogP contribution in [0.25, 0.3) is 0 Å². The minimum Gasteiger partial charge on any atom is -0.366 e. The van der Waals surface area contributed by atoms with Crippen LogP contribution in [0.1, 0.15) is 15.9 Å². The lowest BCUT2D eigenvalue weighted by Crippen LogP contribution is -2.26. The Morgan fingerprint density at radius 2 is 1.90 bits per heavy atom. The number of nitrogens with zero attached hydrogens (tertiary/aromatic N) is 1. The average Bonchev–Trinajstić information content (AvgIpc) is 2.91. The molecule has 7 heteroatoms. The molecule has 0 atom stereocenters. The molecule has 0 fully saturated rings. The van der Waals surface area contributed by atoms with E-state index in [2.05, 4.69) is 0 Å². The minimum absolute atomic E-state index is 0.139. The van der Waals surface area contributed by atoms with Crippen LogP contribution in [0, 0.1) is 0 Å². The molecule has 20 heavy (non-hydrogen) atoms. The third-order valence-corrected chi connectivity index (χ3v) is 5.38. The van der Waals surface area contributed by atoms with E-state index in [0.29, 0.717) is 6.54 Å². The molecule has 0 bridgehead atoms. The highest BCUT2D eigenvalue weighted by atomic mass is 32.2. The van der Waals surface area contributed by atoms with Crippen LogP contribution in [0.3, 0.4) is 0 Å². The summed E-state index contributed by atoms with van der Waals surface area (Å²) in [6.07, 6.45) is 0. The van der Waals surface area contributed by atoms with Crippen molar-refractivity contribution < 1.29 is 13.2 Å². The lowest BCUT2D eigenvalue weighted by molar-refractivity contribution is 0.1000. The molecule has 0 saturated carbocycles. The summed E-state index contributed by atoms with van der Waals surface area (Å²) < 4.78 is 26.0. The Morgan fingerprint density at radius 3 is 2.40 bits per heavy atom. The molecule has 5 nitrogen and oxygen atoms in total. The van der Waals surface area contributed by atoms with Crippen LogP contribution in [0.2, 0.25) is 0 Å². The topological polar surface area (TPSA) is 80.5 Å². The molecule has 106 valence electrons. The average molecular weight is 310 g/mol. The van der Waals surface area contributed by atoms with Gasteiger partial charge < -0.3 is 5.73 Å². The van der Waals surface area contributed by atoms with Crippen LogP contribution in [0.15, 0.2) is 46.0 Å². The number of thiophene rings is 1. The van der Waals surface area contributed by atoms with E-state index in [-0.39, 0.29) is 10.5 Å². The maximum atomic E-state index is 12.4. The number of sulfonamides is 1. The fourth-order valence-corrected chi connectivity index (χ4v) is 3.51. The van der Waals surface area contributed by atoms with Gasteiger partial charge in [-0.2, -0.15) is 15.6 Å². The normalized spacial score (nSPS) is 11.7. The fraction of sp³-hybridized carbons (Fsp3) is 0.154. The van der Waals surface area contributed by atoms with E-state index >= 15 is 0 Å². The maximum absolute atomic E-state index is 12.4. The van der Waals surface area contributed by atoms with E-state index in [0.717, 1.165) is 5.56 Å². The zero-order valence-corrected chi connectivity index (χ0v) is 12.4. The Labute approximate surface area is 121 Å². The van der Waals surface area contributed by atoms with Gasteiger partial charge in [-0.15, -0.1) is 0 Å². The van der Waals surface area contributed by atoms with Gasteiger partial charge in [0.1, 0.15) is 0 Å². The second kappa shape index (κ2) is 5.74. The third kappa shape index (κ3) is 3.06. The van der Waals surface area contributed by atoms with Crippen molar-refractivity contribution in [3.8, 4) is 0 Å². The number of amides is 1. The fourth-order valence-electron chi connectivity index (χ4n) is 1.70. The first-order valence-electron chi connectivity index (χ1n) is 5.78. The molecule has 2 rings (SSSR count). The van der Waals surface area contributed by atoms with Crippen LogP contribution < -0.4 is 5.73 Å². The van der Waals surface area contributed by atoms with E-state index < -0.39 is 15.9 Å². The molecule has 0 aliphatic rings. The standard InChI is InChI=1S/C13H14N2O3S2/c1-15(8-10-6-7-19-9-10)20(17,18)12-4-2-11(3-5-12)13(14)16/h2-7,9H,8H2,1H3,(H2,14,16). The smallest absolute Gasteiger partial charge is 0.248 e. The third-order valence-electron chi connectivity index (χ3n) is 2.83. The maximum Gasteiger partial charge on any atom is 0.248 e. The first-order chi connectivity index (χ1) is 9.41. The molecule has 0 saturated heterocycles. The summed E-state index contributed by atoms with van der Waals surface area (Å²) >= 11 is 1.52. The first-order valence-corrected chi connectivity index (χ1v) is 8.17. The summed E-state index contributed by atoms with van der Waals surface area (Å²) in [5, 5.41) is 3.81. The van der Waals surface area contributed by atoms with E-state index in [1.54, 1.807) is 0 Å². The highest BCUT2D eigenvalue weighted by molar-refractivity contribution is 7.89. The van der Waals surface area contributed by atoms with Crippen molar-refractivity contribution >= 4 is 27.3 Å². The van der Waals surface area contributed by atoms with Crippen LogP contribution in [0.4, 0.5) is 0 Å². The number of carbonyl (C=O) groups excluding carboxylic acids is 1. The van der Waals surface area contributed by atoms with Crippen LogP contribution in [-0.2, 0) is 16.6 Å². The molecule has 0 radical (unpaired) electrons. The molecule has 1 aromatic carbocycles. The number of nitrogens with two attached hydrogens (primary N) is 1. The van der Waals surface area contributed by atoms with Crippen LogP contribution in [0.5, 0.6) is 0 Å². The Morgan fingerprint density at radius 1 is 1.25 bits per heavy atom. The van der Waals surface area contributed by atoms with Gasteiger partial charge in [-0.25, -0.2) is 8.42 Å². The zero-order valence-electron chi connectivity index (χ0n) is 10.8. The number of carbonyl (C=O) groups is 1. The molecule has 0 spiro atoms. The minimum atomic E-state index is -3.57. The van der Waals surface area contributed by atoms with Crippen LogP contribution in [-0.4, -0.2) is 25.7 Å². The van der Waals surface area contributed by atoms with Gasteiger partial charge in [0.15, 0.2) is 0 Å². The Bertz CT molecular complexity index is 692. The Hall–Kier alpha value is -1.70. The van der Waals surface area contributed by atoms with E-state index in [4.69, 9.17) is 5.73 Å². The lowest BCUT2D eigenvalue weighted by Gasteiger charge is -2.16. The molecule has 2 aromatic rings. The number of primary amides is 1. The van der Waals surface area contributed by atoms with Gasteiger partial charge in [-0.3, -0.25) is 4.79 Å². The van der Waals surface area contributed by atoms with Crippen molar-refractivity contribution in [1.29, 1.82) is 0 Å². The van der Waals surface area contributed by atoms with Gasteiger partial charge in [0.25, 0.3) is 0 Å². The summed E-state index contributed by atoms with van der Waals surface area (Å²) in [5.41, 5.74) is 6.35. The van der Waals surface area contributed by atoms with Gasteiger partial charge in [-0.05, 0) is 46.7 Å². The van der Waals surface area contributed by atoms with Crippen molar-refractivity contribution in [2.75, 3.05) is 7.05 Å². The molecule has 0 aliphatic carbocycles. The summed E-state index contributed by atoms with van der Waals surface area (Å²) in [6, 6.07) is 7.48. The van der Waals surface area contributed by atoms with Crippen LogP contribution >= 0.6 is 11.3 Å². The second-order valence-corrected chi connectivity index (χ2v) is 7.11. The van der Waals surface area contributed by atoms with E-state index in [1.807, 2.05) is 16.8 Å².